The van der Waals surface area contributed by atoms with Gasteiger partial charge in [0.25, 0.3) is 0 Å². The number of aliphatic carboxylic acids is 1. The third-order valence-electron chi connectivity index (χ3n) is 3.99. The van der Waals surface area contributed by atoms with Crippen LogP contribution >= 0.6 is 0 Å². The minimum absolute atomic E-state index is 0. The van der Waals surface area contributed by atoms with Crippen LogP contribution in [0.4, 0.5) is 0 Å². The smallest absolute Gasteiger partial charge is 0.303 e. The van der Waals surface area contributed by atoms with E-state index in [9.17, 15) is 4.79 Å². The van der Waals surface area contributed by atoms with Gasteiger partial charge < -0.3 is 5.11 Å². The number of carboxylic acids is 1. The van der Waals surface area contributed by atoms with Gasteiger partial charge in [-0.3, -0.25) is 4.79 Å². The molecule has 1 N–H and O–H groups in total. The van der Waals surface area contributed by atoms with Crippen molar-refractivity contribution in [2.45, 2.75) is 110 Å². The van der Waals surface area contributed by atoms with E-state index in [1.165, 1.54) is 83.5 Å². The molecule has 0 aromatic rings. The minimum atomic E-state index is -0.653. The molecule has 0 aromatic heterocycles. The molecule has 122 valence electrons. The maximum atomic E-state index is 10.3. The second kappa shape index (κ2) is 24.7. The van der Waals surface area contributed by atoms with Gasteiger partial charge in [-0.15, -0.1) is 0 Å². The normalized spacial score (nSPS) is 9.86. The third-order valence-corrected chi connectivity index (χ3v) is 3.99. The largest absolute Gasteiger partial charge is 0.481 e. The first-order chi connectivity index (χ1) is 9.77. The van der Waals surface area contributed by atoms with Crippen LogP contribution in [0.15, 0.2) is 0 Å². The van der Waals surface area contributed by atoms with Crippen molar-refractivity contribution < 1.29 is 9.90 Å². The van der Waals surface area contributed by atoms with Crippen LogP contribution in [0.3, 0.4) is 0 Å². The van der Waals surface area contributed by atoms with Gasteiger partial charge in [0.15, 0.2) is 0 Å². The van der Waals surface area contributed by atoms with Crippen molar-refractivity contribution in [2.75, 3.05) is 0 Å². The number of hydrogen-bond acceptors (Lipinski definition) is 1. The van der Waals surface area contributed by atoms with Crippen LogP contribution in [0.1, 0.15) is 110 Å². The molecule has 0 bridgehead atoms. The summed E-state index contributed by atoms with van der Waals surface area (Å²) in [4.78, 5) is 10.3. The van der Waals surface area contributed by atoms with Crippen LogP contribution in [0.5, 0.6) is 0 Å². The molecule has 0 spiro atoms. The van der Waals surface area contributed by atoms with E-state index in [-0.39, 0.29) is 59.1 Å². The van der Waals surface area contributed by atoms with Crippen LogP contribution in [-0.2, 0) is 4.79 Å². The maximum absolute atomic E-state index is 10.3. The van der Waals surface area contributed by atoms with Crippen LogP contribution < -0.4 is 0 Å². The summed E-state index contributed by atoms with van der Waals surface area (Å²) in [5.74, 6) is -0.653. The van der Waals surface area contributed by atoms with Crippen molar-refractivity contribution in [3.8, 4) is 0 Å². The van der Waals surface area contributed by atoms with E-state index in [1.807, 2.05) is 0 Å². The van der Waals surface area contributed by atoms with Crippen molar-refractivity contribution in [1.82, 2.24) is 0 Å². The molecule has 0 heterocycles. The van der Waals surface area contributed by atoms with E-state index in [4.69, 9.17) is 5.11 Å². The molecule has 0 aliphatic rings. The average molecular weight is 330 g/mol. The van der Waals surface area contributed by atoms with Gasteiger partial charge in [0.05, 0.1) is 0 Å². The maximum Gasteiger partial charge on any atom is 0.303 e. The SMILES string of the molecule is CCCCCCCCCCCCCCCCCC(=O)O.[Na].[Na]. The van der Waals surface area contributed by atoms with Gasteiger partial charge in [0.2, 0.25) is 0 Å². The monoisotopic (exact) mass is 330 g/mol. The summed E-state index contributed by atoms with van der Waals surface area (Å²) in [6, 6.07) is 0. The summed E-state index contributed by atoms with van der Waals surface area (Å²) in [6.07, 6.45) is 20.2. The van der Waals surface area contributed by atoms with Crippen LogP contribution in [0.25, 0.3) is 0 Å². The molecular formula is C18H36Na2O2. The van der Waals surface area contributed by atoms with Gasteiger partial charge in [-0.1, -0.05) is 96.8 Å². The van der Waals surface area contributed by atoms with Gasteiger partial charge in [-0.05, 0) is 6.42 Å². The Bertz CT molecular complexity index is 211. The summed E-state index contributed by atoms with van der Waals surface area (Å²) in [6.45, 7) is 2.27. The van der Waals surface area contributed by atoms with Gasteiger partial charge in [0.1, 0.15) is 0 Å². The molecule has 0 fully saturated rings. The van der Waals surface area contributed by atoms with E-state index in [0.29, 0.717) is 6.42 Å². The minimum Gasteiger partial charge on any atom is -0.481 e. The van der Waals surface area contributed by atoms with E-state index in [0.717, 1.165) is 12.8 Å². The van der Waals surface area contributed by atoms with Crippen molar-refractivity contribution in [1.29, 1.82) is 0 Å². The van der Waals surface area contributed by atoms with E-state index in [1.54, 1.807) is 0 Å². The Morgan fingerprint density at radius 1 is 0.591 bits per heavy atom. The summed E-state index contributed by atoms with van der Waals surface area (Å²) in [5, 5.41) is 8.52. The number of hydrogen-bond donors (Lipinski definition) is 1. The van der Waals surface area contributed by atoms with E-state index < -0.39 is 5.97 Å². The van der Waals surface area contributed by atoms with Gasteiger partial charge in [-0.2, -0.15) is 0 Å². The molecule has 2 nitrogen and oxygen atoms in total. The molecule has 0 aliphatic carbocycles. The summed E-state index contributed by atoms with van der Waals surface area (Å²) >= 11 is 0. The molecule has 0 saturated carbocycles. The van der Waals surface area contributed by atoms with E-state index >= 15 is 0 Å². The number of rotatable bonds is 16. The number of unbranched alkanes of at least 4 members (excludes halogenated alkanes) is 14. The summed E-state index contributed by atoms with van der Waals surface area (Å²) < 4.78 is 0. The first-order valence-corrected chi connectivity index (χ1v) is 8.99. The Labute approximate surface area is 183 Å². The zero-order chi connectivity index (χ0) is 14.9. The standard InChI is InChI=1S/C18H36O2.2Na/c1-2-3-4-5-6-7-8-9-10-11-12-13-14-15-16-17-18(19)20;;/h2-17H2,1H3,(H,19,20);;. The van der Waals surface area contributed by atoms with Crippen LogP contribution in [0.2, 0.25) is 0 Å². The fraction of sp³-hybridized carbons (Fsp3) is 0.944. The fourth-order valence-corrected chi connectivity index (χ4v) is 2.65. The van der Waals surface area contributed by atoms with Gasteiger partial charge in [-0.25, -0.2) is 0 Å². The fourth-order valence-electron chi connectivity index (χ4n) is 2.65. The Kier molecular flexibility index (Phi) is 31.8. The van der Waals surface area contributed by atoms with Gasteiger partial charge >= 0.3 is 5.97 Å². The molecule has 0 rings (SSSR count). The third kappa shape index (κ3) is 26.4. The Hall–Kier alpha value is 1.47. The van der Waals surface area contributed by atoms with E-state index in [2.05, 4.69) is 6.92 Å². The molecule has 2 radical (unpaired) electrons. The zero-order valence-corrected chi connectivity index (χ0v) is 19.7. The first-order valence-electron chi connectivity index (χ1n) is 8.99. The zero-order valence-electron chi connectivity index (χ0n) is 15.7. The molecular weight excluding hydrogens is 294 g/mol. The molecule has 0 amide bonds. The van der Waals surface area contributed by atoms with Crippen molar-refractivity contribution in [2.24, 2.45) is 0 Å². The molecule has 0 unspecified atom stereocenters. The summed E-state index contributed by atoms with van der Waals surface area (Å²) in [7, 11) is 0. The second-order valence-electron chi connectivity index (χ2n) is 6.09. The molecule has 0 aromatic carbocycles. The van der Waals surface area contributed by atoms with Crippen molar-refractivity contribution in [3.05, 3.63) is 0 Å². The molecule has 4 heteroatoms. The van der Waals surface area contributed by atoms with Gasteiger partial charge in [0, 0.05) is 65.5 Å². The molecule has 0 saturated heterocycles. The first kappa shape index (κ1) is 28.3. The molecule has 0 atom stereocenters. The Morgan fingerprint density at radius 3 is 1.14 bits per heavy atom. The van der Waals surface area contributed by atoms with Crippen molar-refractivity contribution >= 4 is 65.1 Å². The molecule has 22 heavy (non-hydrogen) atoms. The molecule has 0 aliphatic heterocycles. The van der Waals surface area contributed by atoms with Crippen LogP contribution in [-0.4, -0.2) is 70.2 Å². The predicted molar refractivity (Wildman–Crippen MR) is 98.7 cm³/mol. The second-order valence-corrected chi connectivity index (χ2v) is 6.09. The predicted octanol–water partition coefficient (Wildman–Crippen LogP) is 5.57. The number of carboxylic acid groups (broad SMARTS) is 1. The van der Waals surface area contributed by atoms with Crippen LogP contribution in [0, 0.1) is 0 Å². The number of carbonyl (C=O) groups is 1. The average Bonchev–Trinajstić information content (AvgIpc) is 2.43. The quantitative estimate of drug-likeness (QED) is 0.297. The Balaban J connectivity index is -0.00000180. The Morgan fingerprint density at radius 2 is 0.864 bits per heavy atom. The van der Waals surface area contributed by atoms with Crippen molar-refractivity contribution in [3.63, 3.8) is 0 Å². The summed E-state index contributed by atoms with van der Waals surface area (Å²) in [5.41, 5.74) is 0. The topological polar surface area (TPSA) is 37.3 Å².